The molecular formula is C21H17F2N3O3. The van der Waals surface area contributed by atoms with Gasteiger partial charge in [-0.3, -0.25) is 4.79 Å². The Morgan fingerprint density at radius 3 is 1.59 bits per heavy atom. The fourth-order valence-corrected chi connectivity index (χ4v) is 2.67. The van der Waals surface area contributed by atoms with Crippen LogP contribution in [0.4, 0.5) is 31.5 Å². The molecule has 1 amide bonds. The molecule has 0 atom stereocenters. The number of methoxy groups -OCH3 is 1. The van der Waals surface area contributed by atoms with Gasteiger partial charge in [0.05, 0.1) is 29.6 Å². The van der Waals surface area contributed by atoms with Crippen molar-refractivity contribution >= 4 is 34.6 Å². The van der Waals surface area contributed by atoms with E-state index in [4.69, 9.17) is 10.5 Å². The Hall–Kier alpha value is -3.94. The number of carbonyl (C=O) groups excluding carboxylic acids is 2. The van der Waals surface area contributed by atoms with Gasteiger partial charge < -0.3 is 21.1 Å². The number of benzene rings is 3. The normalized spacial score (nSPS) is 10.3. The van der Waals surface area contributed by atoms with E-state index in [1.54, 1.807) is 0 Å². The molecule has 0 heterocycles. The van der Waals surface area contributed by atoms with E-state index in [1.807, 2.05) is 0 Å². The van der Waals surface area contributed by atoms with E-state index < -0.39 is 23.5 Å². The molecule has 0 aromatic heterocycles. The Bertz CT molecular complexity index is 1050. The van der Waals surface area contributed by atoms with Gasteiger partial charge >= 0.3 is 5.97 Å². The molecule has 148 valence electrons. The minimum absolute atomic E-state index is 0.0331. The van der Waals surface area contributed by atoms with Crippen molar-refractivity contribution in [2.24, 2.45) is 5.73 Å². The third kappa shape index (κ3) is 4.67. The Morgan fingerprint density at radius 1 is 0.793 bits per heavy atom. The zero-order valence-corrected chi connectivity index (χ0v) is 15.3. The summed E-state index contributed by atoms with van der Waals surface area (Å²) >= 11 is 0. The maximum atomic E-state index is 13.2. The number of hydrogen-bond acceptors (Lipinski definition) is 5. The lowest BCUT2D eigenvalue weighted by molar-refractivity contribution is 0.0597. The van der Waals surface area contributed by atoms with E-state index in [-0.39, 0.29) is 11.1 Å². The number of nitrogens with one attached hydrogen (secondary N) is 2. The van der Waals surface area contributed by atoms with Gasteiger partial charge in [0.2, 0.25) is 5.91 Å². The smallest absolute Gasteiger partial charge is 0.338 e. The standard InChI is InChI=1S/C21H17F2N3O3/c1-29-21(28)17-11-19(26-15-8-4-13(23)5-9-15)18(10-16(17)20(24)27)25-14-6-2-12(22)3-7-14/h2-11,25-26H,1H3,(H2,24,27). The molecule has 0 spiro atoms. The molecular weight excluding hydrogens is 380 g/mol. The van der Waals surface area contributed by atoms with E-state index in [1.165, 1.54) is 67.8 Å². The minimum Gasteiger partial charge on any atom is -0.465 e. The van der Waals surface area contributed by atoms with Gasteiger partial charge in [-0.15, -0.1) is 0 Å². The topological polar surface area (TPSA) is 93.4 Å². The number of rotatable bonds is 6. The quantitative estimate of drug-likeness (QED) is 0.538. The summed E-state index contributed by atoms with van der Waals surface area (Å²) in [6.07, 6.45) is 0. The summed E-state index contributed by atoms with van der Waals surface area (Å²) in [5, 5.41) is 6.10. The van der Waals surface area contributed by atoms with Crippen LogP contribution in [-0.4, -0.2) is 19.0 Å². The van der Waals surface area contributed by atoms with Crippen LogP contribution in [-0.2, 0) is 4.74 Å². The van der Waals surface area contributed by atoms with Gasteiger partial charge in [-0.25, -0.2) is 13.6 Å². The monoisotopic (exact) mass is 397 g/mol. The molecule has 0 aliphatic heterocycles. The molecule has 0 saturated heterocycles. The largest absolute Gasteiger partial charge is 0.465 e. The summed E-state index contributed by atoms with van der Waals surface area (Å²) in [5.74, 6) is -2.37. The van der Waals surface area contributed by atoms with Crippen molar-refractivity contribution in [2.75, 3.05) is 17.7 Å². The van der Waals surface area contributed by atoms with E-state index in [9.17, 15) is 18.4 Å². The first kappa shape index (κ1) is 19.8. The highest BCUT2D eigenvalue weighted by Crippen LogP contribution is 2.32. The fourth-order valence-electron chi connectivity index (χ4n) is 2.67. The van der Waals surface area contributed by atoms with Crippen LogP contribution < -0.4 is 16.4 Å². The van der Waals surface area contributed by atoms with E-state index in [0.717, 1.165) is 0 Å². The summed E-state index contributed by atoms with van der Waals surface area (Å²) in [6.45, 7) is 0. The Morgan fingerprint density at radius 2 is 1.21 bits per heavy atom. The van der Waals surface area contributed by atoms with Gasteiger partial charge in [-0.05, 0) is 60.7 Å². The van der Waals surface area contributed by atoms with Gasteiger partial charge in [0, 0.05) is 11.4 Å². The second-order valence-electron chi connectivity index (χ2n) is 6.06. The number of amides is 1. The lowest BCUT2D eigenvalue weighted by Crippen LogP contribution is -2.18. The van der Waals surface area contributed by atoms with E-state index in [2.05, 4.69) is 10.6 Å². The van der Waals surface area contributed by atoms with Crippen LogP contribution in [0.5, 0.6) is 0 Å². The number of halogens is 2. The van der Waals surface area contributed by atoms with Crippen molar-refractivity contribution in [3.05, 3.63) is 83.4 Å². The maximum Gasteiger partial charge on any atom is 0.338 e. The molecule has 3 aromatic carbocycles. The highest BCUT2D eigenvalue weighted by atomic mass is 19.1. The summed E-state index contributed by atoms with van der Waals surface area (Å²) in [4.78, 5) is 24.0. The minimum atomic E-state index is -0.819. The van der Waals surface area contributed by atoms with Crippen molar-refractivity contribution in [1.82, 2.24) is 0 Å². The molecule has 29 heavy (non-hydrogen) atoms. The summed E-state index contributed by atoms with van der Waals surface area (Å²) in [7, 11) is 1.19. The molecule has 3 aromatic rings. The summed E-state index contributed by atoms with van der Waals surface area (Å²) < 4.78 is 31.1. The van der Waals surface area contributed by atoms with Gasteiger partial charge in [-0.1, -0.05) is 0 Å². The zero-order valence-electron chi connectivity index (χ0n) is 15.3. The Kier molecular flexibility index (Phi) is 5.73. The van der Waals surface area contributed by atoms with Crippen LogP contribution >= 0.6 is 0 Å². The van der Waals surface area contributed by atoms with Crippen LogP contribution in [0.3, 0.4) is 0 Å². The second-order valence-corrected chi connectivity index (χ2v) is 6.06. The highest BCUT2D eigenvalue weighted by molar-refractivity contribution is 6.07. The molecule has 0 bridgehead atoms. The molecule has 6 nitrogen and oxygen atoms in total. The molecule has 8 heteroatoms. The number of nitrogens with two attached hydrogens (primary N) is 1. The second kappa shape index (κ2) is 8.39. The number of esters is 1. The van der Waals surface area contributed by atoms with Gasteiger partial charge in [0.1, 0.15) is 11.6 Å². The zero-order chi connectivity index (χ0) is 21.0. The van der Waals surface area contributed by atoms with E-state index in [0.29, 0.717) is 22.7 Å². The Balaban J connectivity index is 2.09. The van der Waals surface area contributed by atoms with Crippen molar-refractivity contribution < 1.29 is 23.1 Å². The number of anilines is 4. The predicted molar refractivity (Wildman–Crippen MR) is 106 cm³/mol. The average molecular weight is 397 g/mol. The van der Waals surface area contributed by atoms with Gasteiger partial charge in [-0.2, -0.15) is 0 Å². The van der Waals surface area contributed by atoms with Gasteiger partial charge in [0.25, 0.3) is 0 Å². The lowest BCUT2D eigenvalue weighted by atomic mass is 10.0. The van der Waals surface area contributed by atoms with Crippen LogP contribution in [0, 0.1) is 11.6 Å². The molecule has 0 saturated carbocycles. The van der Waals surface area contributed by atoms with Crippen LogP contribution in [0.2, 0.25) is 0 Å². The predicted octanol–water partition coefficient (Wildman–Crippen LogP) is 4.34. The highest BCUT2D eigenvalue weighted by Gasteiger charge is 2.20. The summed E-state index contributed by atoms with van der Waals surface area (Å²) in [6, 6.07) is 13.9. The molecule has 0 aliphatic carbocycles. The molecule has 0 radical (unpaired) electrons. The van der Waals surface area contributed by atoms with Crippen molar-refractivity contribution in [3.63, 3.8) is 0 Å². The first-order valence-corrected chi connectivity index (χ1v) is 8.48. The van der Waals surface area contributed by atoms with Crippen LogP contribution in [0.15, 0.2) is 60.7 Å². The molecule has 0 unspecified atom stereocenters. The van der Waals surface area contributed by atoms with Crippen LogP contribution in [0.1, 0.15) is 20.7 Å². The average Bonchev–Trinajstić information content (AvgIpc) is 2.71. The molecule has 0 aliphatic rings. The maximum absolute atomic E-state index is 13.2. The number of primary amides is 1. The molecule has 0 fully saturated rings. The summed E-state index contributed by atoms with van der Waals surface area (Å²) in [5.41, 5.74) is 7.20. The molecule has 4 N–H and O–H groups in total. The number of hydrogen-bond donors (Lipinski definition) is 3. The fraction of sp³-hybridized carbons (Fsp3) is 0.0476. The molecule has 3 rings (SSSR count). The first-order valence-electron chi connectivity index (χ1n) is 8.48. The first-order chi connectivity index (χ1) is 13.9. The van der Waals surface area contributed by atoms with Gasteiger partial charge in [0.15, 0.2) is 0 Å². The number of carbonyl (C=O) groups is 2. The van der Waals surface area contributed by atoms with E-state index >= 15 is 0 Å². The van der Waals surface area contributed by atoms with Crippen molar-refractivity contribution in [3.8, 4) is 0 Å². The van der Waals surface area contributed by atoms with Crippen LogP contribution in [0.25, 0.3) is 0 Å². The van der Waals surface area contributed by atoms with Crippen molar-refractivity contribution in [1.29, 1.82) is 0 Å². The third-order valence-electron chi connectivity index (χ3n) is 4.07. The number of ether oxygens (including phenoxy) is 1. The third-order valence-corrected chi connectivity index (χ3v) is 4.07. The van der Waals surface area contributed by atoms with Crippen molar-refractivity contribution in [2.45, 2.75) is 0 Å². The Labute approximate surface area is 165 Å². The SMILES string of the molecule is COC(=O)c1cc(Nc2ccc(F)cc2)c(Nc2ccc(F)cc2)cc1C(N)=O. The lowest BCUT2D eigenvalue weighted by Gasteiger charge is -2.17.